The molecule has 2 aliphatic heterocycles. The standard InChI is InChI=1S/C25H26BN5O10/c1-2-30-9-10-31(23(36)22(30)35)25(39)28-19(15-6-4-8-29(12-15)13-18(32)33)21(34)27-17-11-14-5-3-7-16(24(37)38)20(14)41-26(17)40/h3-8,12,17,19,40H,2,9-11,13H2,1H3,(H3-,27,28,32,33,34,37,38,39). The van der Waals surface area contributed by atoms with E-state index in [0.29, 0.717) is 10.5 Å². The maximum Gasteiger partial charge on any atom is 0.547 e. The first-order chi connectivity index (χ1) is 19.5. The molecule has 1 aromatic heterocycles. The van der Waals surface area contributed by atoms with Crippen molar-refractivity contribution in [1.29, 1.82) is 0 Å². The number of carboxylic acid groups (broad SMARTS) is 2. The van der Waals surface area contributed by atoms with E-state index in [4.69, 9.17) is 4.65 Å². The number of nitrogens with zero attached hydrogens (tertiary/aromatic N) is 3. The first-order valence-corrected chi connectivity index (χ1v) is 12.6. The van der Waals surface area contributed by atoms with E-state index in [-0.39, 0.29) is 42.9 Å². The lowest BCUT2D eigenvalue weighted by molar-refractivity contribution is -0.691. The fourth-order valence-electron chi connectivity index (χ4n) is 4.61. The van der Waals surface area contributed by atoms with Crippen LogP contribution in [0.1, 0.15) is 34.5 Å². The number of imide groups is 1. The summed E-state index contributed by atoms with van der Waals surface area (Å²) in [5.41, 5.74) is 0.358. The third-order valence-electron chi connectivity index (χ3n) is 6.67. The summed E-state index contributed by atoms with van der Waals surface area (Å²) < 4.78 is 6.61. The van der Waals surface area contributed by atoms with E-state index in [0.717, 1.165) is 0 Å². The van der Waals surface area contributed by atoms with Crippen LogP contribution in [-0.4, -0.2) is 88.3 Å². The second kappa shape index (κ2) is 12.0. The zero-order valence-electron chi connectivity index (χ0n) is 21.8. The van der Waals surface area contributed by atoms with Crippen LogP contribution in [0.15, 0.2) is 42.7 Å². The van der Waals surface area contributed by atoms with Crippen molar-refractivity contribution in [3.05, 3.63) is 59.4 Å². The number of aromatic carboxylic acids is 1. The number of aromatic nitrogens is 1. The van der Waals surface area contributed by atoms with Gasteiger partial charge in [0.05, 0.1) is 11.5 Å². The molecule has 2 aliphatic rings. The number of amides is 5. The van der Waals surface area contributed by atoms with E-state index >= 15 is 0 Å². The van der Waals surface area contributed by atoms with Crippen LogP contribution in [0.2, 0.25) is 0 Å². The molecular weight excluding hydrogens is 541 g/mol. The molecule has 2 aromatic rings. The number of likely N-dealkylation sites (N-methyl/N-ethyl adjacent to an activating group) is 1. The molecule has 3 heterocycles. The van der Waals surface area contributed by atoms with Gasteiger partial charge in [0.2, 0.25) is 5.91 Å². The maximum atomic E-state index is 13.5. The van der Waals surface area contributed by atoms with Gasteiger partial charge in [-0.15, -0.1) is 0 Å². The maximum absolute atomic E-state index is 13.5. The number of aliphatic carboxylic acids is 1. The second-order valence-corrected chi connectivity index (χ2v) is 9.33. The third-order valence-corrected chi connectivity index (χ3v) is 6.67. The number of carboxylic acids is 2. The first-order valence-electron chi connectivity index (χ1n) is 12.6. The molecule has 15 nitrogen and oxygen atoms in total. The molecule has 0 radical (unpaired) electrons. The van der Waals surface area contributed by atoms with Crippen LogP contribution in [0.3, 0.4) is 0 Å². The van der Waals surface area contributed by atoms with Crippen molar-refractivity contribution in [3.8, 4) is 5.75 Å². The predicted octanol–water partition coefficient (Wildman–Crippen LogP) is -3.00. The van der Waals surface area contributed by atoms with E-state index < -0.39 is 61.3 Å². The minimum Gasteiger partial charge on any atom is -0.544 e. The van der Waals surface area contributed by atoms with Crippen LogP contribution in [0.4, 0.5) is 4.79 Å². The summed E-state index contributed by atoms with van der Waals surface area (Å²) in [7, 11) is -1.65. The number of hydrogen-bond acceptors (Lipinski definition) is 9. The number of nitrogens with one attached hydrogen (secondary N) is 2. The van der Waals surface area contributed by atoms with Gasteiger partial charge in [-0.3, -0.25) is 19.3 Å². The zero-order valence-corrected chi connectivity index (χ0v) is 21.8. The predicted molar refractivity (Wildman–Crippen MR) is 135 cm³/mol. The molecule has 0 aliphatic carbocycles. The first kappa shape index (κ1) is 29.0. The molecule has 1 aromatic carbocycles. The van der Waals surface area contributed by atoms with E-state index in [1.165, 1.54) is 46.1 Å². The Balaban J connectivity index is 1.59. The van der Waals surface area contributed by atoms with Crippen LogP contribution in [-0.2, 0) is 32.1 Å². The molecule has 2 unspecified atom stereocenters. The highest BCUT2D eigenvalue weighted by Gasteiger charge is 2.41. The van der Waals surface area contributed by atoms with Gasteiger partial charge in [0.25, 0.3) is 0 Å². The van der Waals surface area contributed by atoms with E-state index in [2.05, 4.69) is 10.6 Å². The van der Waals surface area contributed by atoms with Crippen molar-refractivity contribution in [2.75, 3.05) is 19.6 Å². The molecule has 214 valence electrons. The highest BCUT2D eigenvalue weighted by atomic mass is 16.5. The average Bonchev–Trinajstić information content (AvgIpc) is 2.92. The van der Waals surface area contributed by atoms with E-state index in [1.807, 2.05) is 0 Å². The van der Waals surface area contributed by atoms with Gasteiger partial charge in [-0.2, -0.15) is 4.57 Å². The number of pyridine rings is 1. The van der Waals surface area contributed by atoms with Crippen LogP contribution in [0.25, 0.3) is 0 Å². The normalized spacial score (nSPS) is 17.3. The molecule has 5 amide bonds. The van der Waals surface area contributed by atoms with Gasteiger partial charge in [0.15, 0.2) is 18.9 Å². The fraction of sp³-hybridized carbons (Fsp3) is 0.320. The van der Waals surface area contributed by atoms with Gasteiger partial charge in [-0.25, -0.2) is 9.59 Å². The summed E-state index contributed by atoms with van der Waals surface area (Å²) in [5, 5.41) is 36.1. The molecule has 41 heavy (non-hydrogen) atoms. The van der Waals surface area contributed by atoms with Crippen LogP contribution in [0.5, 0.6) is 5.75 Å². The van der Waals surface area contributed by atoms with Crippen molar-refractivity contribution in [3.63, 3.8) is 0 Å². The summed E-state index contributed by atoms with van der Waals surface area (Å²) in [6.07, 6.45) is 2.66. The molecule has 1 fully saturated rings. The van der Waals surface area contributed by atoms with Crippen molar-refractivity contribution in [2.24, 2.45) is 0 Å². The van der Waals surface area contributed by atoms with Crippen molar-refractivity contribution in [1.82, 2.24) is 20.4 Å². The molecule has 1 saturated heterocycles. The Morgan fingerprint density at radius 1 is 1.17 bits per heavy atom. The molecule has 0 saturated carbocycles. The molecule has 0 spiro atoms. The van der Waals surface area contributed by atoms with Crippen LogP contribution >= 0.6 is 0 Å². The molecule has 2 atom stereocenters. The lowest BCUT2D eigenvalue weighted by Gasteiger charge is -2.33. The van der Waals surface area contributed by atoms with Gasteiger partial charge in [-0.05, 0) is 31.0 Å². The SMILES string of the molecule is CCN1CCN(C(=O)NC(C(=O)NC2Cc3cccc(C(=O)O)c3OB2O)c2ccc[n+](CC(=O)[O-])c2)C(=O)C1=O. The van der Waals surface area contributed by atoms with Crippen LogP contribution < -0.4 is 25.0 Å². The Morgan fingerprint density at radius 2 is 1.93 bits per heavy atom. The molecule has 4 rings (SSSR count). The Labute approximate surface area is 233 Å². The van der Waals surface area contributed by atoms with Crippen molar-refractivity contribution >= 4 is 42.8 Å². The van der Waals surface area contributed by atoms with Gasteiger partial charge < -0.3 is 40.2 Å². The number of piperazine rings is 1. The topological polar surface area (TPSA) is 210 Å². The second-order valence-electron chi connectivity index (χ2n) is 9.33. The Bertz CT molecular complexity index is 1420. The number of urea groups is 1. The number of carbonyl (C=O) groups is 6. The number of hydrogen-bond donors (Lipinski definition) is 4. The minimum atomic E-state index is -1.65. The highest BCUT2D eigenvalue weighted by molar-refractivity contribution is 6.47. The number of rotatable bonds is 8. The summed E-state index contributed by atoms with van der Waals surface area (Å²) >= 11 is 0. The average molecular weight is 567 g/mol. The third kappa shape index (κ3) is 6.27. The zero-order chi connectivity index (χ0) is 29.8. The summed E-state index contributed by atoms with van der Waals surface area (Å²) in [6, 6.07) is 4.69. The van der Waals surface area contributed by atoms with Crippen molar-refractivity contribution < 1.29 is 53.2 Å². The Morgan fingerprint density at radius 3 is 2.61 bits per heavy atom. The molecular formula is C25H26BN5O10. The van der Waals surface area contributed by atoms with Gasteiger partial charge in [0, 0.05) is 31.3 Å². The summed E-state index contributed by atoms with van der Waals surface area (Å²) in [4.78, 5) is 76.1. The van der Waals surface area contributed by atoms with Crippen molar-refractivity contribution in [2.45, 2.75) is 31.9 Å². The Kier molecular flexibility index (Phi) is 8.52. The quantitative estimate of drug-likeness (QED) is 0.144. The number of fused-ring (bicyclic) bond motifs is 1. The largest absolute Gasteiger partial charge is 0.547 e. The summed E-state index contributed by atoms with van der Waals surface area (Å²) in [6.45, 7) is 1.39. The van der Waals surface area contributed by atoms with Crippen LogP contribution in [0, 0.1) is 0 Å². The summed E-state index contributed by atoms with van der Waals surface area (Å²) in [5.74, 6) is -6.59. The number of para-hydroxylation sites is 1. The lowest BCUT2D eigenvalue weighted by Crippen LogP contribution is -2.60. The van der Waals surface area contributed by atoms with E-state index in [1.54, 1.807) is 13.0 Å². The molecule has 16 heteroatoms. The van der Waals surface area contributed by atoms with Gasteiger partial charge in [0.1, 0.15) is 17.8 Å². The number of carbonyl (C=O) groups excluding carboxylic acids is 5. The minimum absolute atomic E-state index is 0.0184. The van der Waals surface area contributed by atoms with Gasteiger partial charge in [-0.1, -0.05) is 12.1 Å². The molecule has 4 N–H and O–H groups in total. The number of benzene rings is 1. The monoisotopic (exact) mass is 567 g/mol. The Hall–Kier alpha value is -4.99. The van der Waals surface area contributed by atoms with E-state index in [9.17, 15) is 44.0 Å². The smallest absolute Gasteiger partial charge is 0.544 e. The highest BCUT2D eigenvalue weighted by Crippen LogP contribution is 2.30. The molecule has 0 bridgehead atoms. The van der Waals surface area contributed by atoms with Gasteiger partial charge >= 0.3 is 30.9 Å². The lowest BCUT2D eigenvalue weighted by atomic mass is 9.72. The fourth-order valence-corrected chi connectivity index (χ4v) is 4.61.